The minimum atomic E-state index is -0.836. The third-order valence-corrected chi connectivity index (χ3v) is 4.76. The van der Waals surface area contributed by atoms with E-state index in [1.165, 1.54) is 0 Å². The van der Waals surface area contributed by atoms with Crippen molar-refractivity contribution < 1.29 is 14.8 Å². The molecule has 0 radical (unpaired) electrons. The highest BCUT2D eigenvalue weighted by Gasteiger charge is 2.30. The Morgan fingerprint density at radius 2 is 2.13 bits per heavy atom. The number of benzene rings is 1. The first kappa shape index (κ1) is 19.5. The summed E-state index contributed by atoms with van der Waals surface area (Å²) in [4.78, 5) is 12.1. The number of quaternary nitrogens is 1. The quantitative estimate of drug-likeness (QED) is 0.757. The van der Waals surface area contributed by atoms with E-state index in [-0.39, 0.29) is 24.4 Å². The predicted octanol–water partition coefficient (Wildman–Crippen LogP) is 2.14. The van der Waals surface area contributed by atoms with Crippen LogP contribution in [0.3, 0.4) is 0 Å². The number of nitriles is 1. The molecule has 0 saturated carbocycles. The normalized spacial score (nSPS) is 14.7. The molecule has 5 nitrogen and oxygen atoms in total. The minimum Gasteiger partial charge on any atom is -0.496 e. The fraction of sp³-hybridized carbons (Fsp3) is 0.529. The zero-order valence-electron chi connectivity index (χ0n) is 14.3. The van der Waals surface area contributed by atoms with Crippen LogP contribution < -0.4 is 15.4 Å². The molecule has 0 unspecified atom stereocenters. The Morgan fingerprint density at radius 1 is 1.48 bits per heavy atom. The molecule has 6 heteroatoms. The van der Waals surface area contributed by atoms with E-state index < -0.39 is 5.54 Å². The Hall–Kier alpha value is -1.58. The number of ether oxygens (including phenoxy) is 1. The summed E-state index contributed by atoms with van der Waals surface area (Å²) < 4.78 is 6.10. The van der Waals surface area contributed by atoms with Crippen LogP contribution in [0, 0.1) is 17.2 Å². The van der Waals surface area contributed by atoms with Gasteiger partial charge in [-0.05, 0) is 53.9 Å². The lowest BCUT2D eigenvalue weighted by molar-refractivity contribution is -0.682. The maximum absolute atomic E-state index is 12.1. The van der Waals surface area contributed by atoms with Gasteiger partial charge in [0.2, 0.25) is 0 Å². The second-order valence-corrected chi connectivity index (χ2v) is 6.99. The molecule has 1 aromatic rings. The lowest BCUT2D eigenvalue weighted by Gasteiger charge is -2.27. The molecule has 1 aromatic carbocycles. The number of halogens is 1. The van der Waals surface area contributed by atoms with Gasteiger partial charge in [-0.1, -0.05) is 13.8 Å². The van der Waals surface area contributed by atoms with Gasteiger partial charge in [0.25, 0.3) is 5.91 Å². The molecule has 3 N–H and O–H groups in total. The van der Waals surface area contributed by atoms with Crippen molar-refractivity contribution in [3.8, 4) is 11.8 Å². The fourth-order valence-electron chi connectivity index (χ4n) is 2.03. The van der Waals surface area contributed by atoms with Gasteiger partial charge in [0.15, 0.2) is 6.54 Å². The number of nitrogens with two attached hydrogens (primary N) is 1. The van der Waals surface area contributed by atoms with Gasteiger partial charge in [-0.15, -0.1) is 0 Å². The monoisotopic (exact) mass is 382 g/mol. The van der Waals surface area contributed by atoms with Crippen molar-refractivity contribution in [1.29, 1.82) is 5.26 Å². The molecule has 1 rings (SSSR count). The average molecular weight is 383 g/mol. The highest BCUT2D eigenvalue weighted by atomic mass is 79.9. The number of methoxy groups -OCH3 is 1. The number of nitrogens with zero attached hydrogens (tertiary/aromatic N) is 1. The molecule has 0 saturated heterocycles. The molecule has 0 spiro atoms. The zero-order chi connectivity index (χ0) is 17.6. The molecule has 0 fully saturated rings. The second-order valence-electron chi connectivity index (χ2n) is 6.14. The second kappa shape index (κ2) is 8.32. The van der Waals surface area contributed by atoms with Crippen molar-refractivity contribution in [2.24, 2.45) is 5.92 Å². The van der Waals surface area contributed by atoms with Gasteiger partial charge in [0, 0.05) is 5.56 Å². The zero-order valence-corrected chi connectivity index (χ0v) is 15.9. The van der Waals surface area contributed by atoms with Crippen molar-refractivity contribution in [2.75, 3.05) is 13.7 Å². The topological polar surface area (TPSA) is 78.7 Å². The van der Waals surface area contributed by atoms with Crippen LogP contribution in [-0.4, -0.2) is 25.1 Å². The van der Waals surface area contributed by atoms with Crippen molar-refractivity contribution >= 4 is 21.8 Å². The lowest BCUT2D eigenvalue weighted by atomic mass is 9.90. The highest BCUT2D eigenvalue weighted by molar-refractivity contribution is 9.10. The molecular formula is C17H25BrN3O2+. The van der Waals surface area contributed by atoms with E-state index in [0.717, 1.165) is 15.8 Å². The molecule has 126 valence electrons. The number of amides is 1. The Morgan fingerprint density at radius 3 is 2.61 bits per heavy atom. The number of carbonyl (C=O) groups excluding carboxylic acids is 1. The van der Waals surface area contributed by atoms with E-state index in [1.54, 1.807) is 14.0 Å². The predicted molar refractivity (Wildman–Crippen MR) is 92.9 cm³/mol. The summed E-state index contributed by atoms with van der Waals surface area (Å²) in [5.41, 5.74) is 0.259. The molecule has 0 aromatic heterocycles. The average Bonchev–Trinajstić information content (AvgIpc) is 2.52. The molecule has 0 heterocycles. The van der Waals surface area contributed by atoms with Crippen LogP contribution in [0.1, 0.15) is 39.3 Å². The summed E-state index contributed by atoms with van der Waals surface area (Å²) in [5.74, 6) is 0.689. The molecule has 0 aliphatic carbocycles. The number of nitrogens with one attached hydrogen (secondary N) is 1. The van der Waals surface area contributed by atoms with E-state index in [2.05, 4.69) is 27.3 Å². The molecule has 0 aliphatic heterocycles. The third-order valence-electron chi connectivity index (χ3n) is 4.14. The standard InChI is InChI=1S/C17H24BrN3O2/c1-11(2)17(4,10-19)21-16(22)9-20-12(3)13-6-7-15(23-5)14(18)8-13/h6-8,11-12,20H,9H2,1-5H3,(H,21,22)/p+1/t12-,17-/m1/s1. The largest absolute Gasteiger partial charge is 0.496 e. The SMILES string of the molecule is COc1ccc([C@@H](C)[NH2+]CC(=O)N[C@](C)(C#N)C(C)C)cc1Br. The summed E-state index contributed by atoms with van der Waals surface area (Å²) in [6.45, 7) is 7.90. The summed E-state index contributed by atoms with van der Waals surface area (Å²) in [6, 6.07) is 8.17. The van der Waals surface area contributed by atoms with Crippen molar-refractivity contribution in [3.63, 3.8) is 0 Å². The van der Waals surface area contributed by atoms with Crippen LogP contribution >= 0.6 is 15.9 Å². The van der Waals surface area contributed by atoms with E-state index in [0.29, 0.717) is 0 Å². The lowest BCUT2D eigenvalue weighted by Crippen LogP contribution is -2.87. The van der Waals surface area contributed by atoms with Gasteiger partial charge in [-0.3, -0.25) is 4.79 Å². The maximum Gasteiger partial charge on any atom is 0.276 e. The summed E-state index contributed by atoms with van der Waals surface area (Å²) in [7, 11) is 1.63. The summed E-state index contributed by atoms with van der Waals surface area (Å²) in [5, 5.41) is 14.0. The van der Waals surface area contributed by atoms with Crippen LogP contribution in [0.15, 0.2) is 22.7 Å². The Kier molecular flexibility index (Phi) is 7.04. The molecule has 0 aliphatic rings. The Bertz CT molecular complexity index is 598. The third kappa shape index (κ3) is 5.22. The van der Waals surface area contributed by atoms with Crippen LogP contribution in [0.25, 0.3) is 0 Å². The maximum atomic E-state index is 12.1. The number of rotatable bonds is 7. The fourth-order valence-corrected chi connectivity index (χ4v) is 2.59. The van der Waals surface area contributed by atoms with Crippen LogP contribution in [0.2, 0.25) is 0 Å². The van der Waals surface area contributed by atoms with Gasteiger partial charge < -0.3 is 15.4 Å². The van der Waals surface area contributed by atoms with Crippen LogP contribution in [0.5, 0.6) is 5.75 Å². The highest BCUT2D eigenvalue weighted by Crippen LogP contribution is 2.27. The molecular weight excluding hydrogens is 358 g/mol. The minimum absolute atomic E-state index is 0.0476. The Labute approximate surface area is 146 Å². The van der Waals surface area contributed by atoms with Crippen molar-refractivity contribution in [3.05, 3.63) is 28.2 Å². The number of carbonyl (C=O) groups is 1. The van der Waals surface area contributed by atoms with Gasteiger partial charge in [-0.25, -0.2) is 0 Å². The molecule has 1 amide bonds. The van der Waals surface area contributed by atoms with E-state index in [4.69, 9.17) is 4.74 Å². The number of hydrogen-bond donors (Lipinski definition) is 2. The van der Waals surface area contributed by atoms with E-state index >= 15 is 0 Å². The van der Waals surface area contributed by atoms with Crippen LogP contribution in [-0.2, 0) is 4.79 Å². The molecule has 0 bridgehead atoms. The van der Waals surface area contributed by atoms with Crippen LogP contribution in [0.4, 0.5) is 0 Å². The van der Waals surface area contributed by atoms with Crippen molar-refractivity contribution in [1.82, 2.24) is 5.32 Å². The Balaban J connectivity index is 2.62. The van der Waals surface area contributed by atoms with E-state index in [9.17, 15) is 10.1 Å². The van der Waals surface area contributed by atoms with Crippen molar-refractivity contribution in [2.45, 2.75) is 39.3 Å². The molecule has 2 atom stereocenters. The number of hydrogen-bond acceptors (Lipinski definition) is 3. The van der Waals surface area contributed by atoms with Gasteiger partial charge in [0.1, 0.15) is 17.3 Å². The van der Waals surface area contributed by atoms with Gasteiger partial charge in [-0.2, -0.15) is 5.26 Å². The summed E-state index contributed by atoms with van der Waals surface area (Å²) in [6.07, 6.45) is 0. The van der Waals surface area contributed by atoms with Gasteiger partial charge in [0.05, 0.1) is 17.7 Å². The smallest absolute Gasteiger partial charge is 0.276 e. The first-order chi connectivity index (χ1) is 10.7. The first-order valence-electron chi connectivity index (χ1n) is 7.62. The van der Waals surface area contributed by atoms with E-state index in [1.807, 2.05) is 44.3 Å². The first-order valence-corrected chi connectivity index (χ1v) is 8.41. The molecule has 23 heavy (non-hydrogen) atoms. The van der Waals surface area contributed by atoms with Gasteiger partial charge >= 0.3 is 0 Å². The summed E-state index contributed by atoms with van der Waals surface area (Å²) >= 11 is 3.47.